The van der Waals surface area contributed by atoms with Gasteiger partial charge in [0.2, 0.25) is 0 Å². The van der Waals surface area contributed by atoms with Crippen LogP contribution in [-0.4, -0.2) is 5.51 Å². The van der Waals surface area contributed by atoms with Crippen LogP contribution in [0.5, 0.6) is 0 Å². The van der Waals surface area contributed by atoms with Gasteiger partial charge in [-0.2, -0.15) is 13.2 Å². The molecule has 4 heteroatoms. The molecule has 0 amide bonds. The summed E-state index contributed by atoms with van der Waals surface area (Å²) in [6.07, 6.45) is 5.03. The lowest BCUT2D eigenvalue weighted by Crippen LogP contribution is -2.01. The summed E-state index contributed by atoms with van der Waals surface area (Å²) in [6.45, 7) is 0. The molecule has 0 aliphatic heterocycles. The average Bonchev–Trinajstić information content (AvgIpc) is 1.85. The number of hydrogen-bond acceptors (Lipinski definition) is 1. The van der Waals surface area contributed by atoms with Gasteiger partial charge in [-0.15, -0.1) is 0 Å². The fourth-order valence-electron chi connectivity index (χ4n) is 1.05. The van der Waals surface area contributed by atoms with Crippen molar-refractivity contribution in [2.45, 2.75) is 31.2 Å². The minimum atomic E-state index is -4.09. The topological polar surface area (TPSA) is 0 Å². The number of halogens is 3. The minimum Gasteiger partial charge on any atom is -0.160 e. The standard InChI is InChI=1S/C7H9F3S/c8-7(9,10)11-6-4-2-1-3-5-6/h4H,1-3,5H2. The molecule has 1 rings (SSSR count). The van der Waals surface area contributed by atoms with E-state index >= 15 is 0 Å². The highest BCUT2D eigenvalue weighted by Crippen LogP contribution is 2.40. The van der Waals surface area contributed by atoms with E-state index in [1.807, 2.05) is 0 Å². The molecular formula is C7H9F3S. The van der Waals surface area contributed by atoms with Crippen LogP contribution >= 0.6 is 11.8 Å². The molecular weight excluding hydrogens is 173 g/mol. The van der Waals surface area contributed by atoms with Gasteiger partial charge in [0.1, 0.15) is 0 Å². The maximum atomic E-state index is 11.8. The highest BCUT2D eigenvalue weighted by molar-refractivity contribution is 8.03. The van der Waals surface area contributed by atoms with E-state index in [1.54, 1.807) is 6.08 Å². The summed E-state index contributed by atoms with van der Waals surface area (Å²) >= 11 is 0.0388. The largest absolute Gasteiger partial charge is 0.446 e. The van der Waals surface area contributed by atoms with E-state index in [-0.39, 0.29) is 11.8 Å². The molecule has 0 bridgehead atoms. The Balaban J connectivity index is 2.42. The molecule has 0 fully saturated rings. The van der Waals surface area contributed by atoms with Crippen LogP contribution in [0.2, 0.25) is 0 Å². The molecule has 0 nitrogen and oxygen atoms in total. The molecule has 0 saturated carbocycles. The second-order valence-corrected chi connectivity index (χ2v) is 3.66. The van der Waals surface area contributed by atoms with Gasteiger partial charge in [0.25, 0.3) is 0 Å². The van der Waals surface area contributed by atoms with Gasteiger partial charge in [-0.25, -0.2) is 0 Å². The number of allylic oxidation sites excluding steroid dienone is 2. The fraction of sp³-hybridized carbons (Fsp3) is 0.714. The van der Waals surface area contributed by atoms with E-state index in [9.17, 15) is 13.2 Å². The van der Waals surface area contributed by atoms with Crippen molar-refractivity contribution in [1.82, 2.24) is 0 Å². The van der Waals surface area contributed by atoms with E-state index in [0.717, 1.165) is 19.3 Å². The molecule has 0 aromatic carbocycles. The van der Waals surface area contributed by atoms with Gasteiger partial charge >= 0.3 is 5.51 Å². The SMILES string of the molecule is FC(F)(F)SC1=CCCCC1. The van der Waals surface area contributed by atoms with Crippen molar-refractivity contribution in [3.8, 4) is 0 Å². The lowest BCUT2D eigenvalue weighted by Gasteiger charge is -2.13. The molecule has 0 atom stereocenters. The van der Waals surface area contributed by atoms with Crippen LogP contribution in [-0.2, 0) is 0 Å². The van der Waals surface area contributed by atoms with Crippen molar-refractivity contribution in [3.63, 3.8) is 0 Å². The van der Waals surface area contributed by atoms with Gasteiger partial charge in [0.15, 0.2) is 0 Å². The zero-order valence-electron chi connectivity index (χ0n) is 5.95. The van der Waals surface area contributed by atoms with Gasteiger partial charge in [0, 0.05) is 0 Å². The summed E-state index contributed by atoms with van der Waals surface area (Å²) in [5.41, 5.74) is -4.09. The second-order valence-electron chi connectivity index (χ2n) is 2.46. The van der Waals surface area contributed by atoms with Gasteiger partial charge in [-0.1, -0.05) is 6.08 Å². The third-order valence-electron chi connectivity index (χ3n) is 1.50. The van der Waals surface area contributed by atoms with Crippen LogP contribution in [0, 0.1) is 0 Å². The van der Waals surface area contributed by atoms with Gasteiger partial charge in [-0.3, -0.25) is 0 Å². The lowest BCUT2D eigenvalue weighted by atomic mass is 10.1. The molecule has 0 unspecified atom stereocenters. The Morgan fingerprint density at radius 3 is 2.45 bits per heavy atom. The Bertz CT molecular complexity index is 160. The summed E-state index contributed by atoms with van der Waals surface area (Å²) in [4.78, 5) is 0.490. The number of rotatable bonds is 1. The van der Waals surface area contributed by atoms with Crippen LogP contribution in [0.15, 0.2) is 11.0 Å². The van der Waals surface area contributed by atoms with Crippen molar-refractivity contribution in [2.75, 3.05) is 0 Å². The predicted molar refractivity (Wildman–Crippen MR) is 40.2 cm³/mol. The summed E-state index contributed by atoms with van der Waals surface area (Å²) in [6, 6.07) is 0. The Kier molecular flexibility index (Phi) is 2.87. The van der Waals surface area contributed by atoms with Gasteiger partial charge in [-0.05, 0) is 42.4 Å². The van der Waals surface area contributed by atoms with Crippen molar-refractivity contribution >= 4 is 11.8 Å². The van der Waals surface area contributed by atoms with Crippen LogP contribution in [0.25, 0.3) is 0 Å². The zero-order valence-corrected chi connectivity index (χ0v) is 6.76. The Morgan fingerprint density at radius 1 is 1.27 bits per heavy atom. The minimum absolute atomic E-state index is 0.0388. The summed E-state index contributed by atoms with van der Waals surface area (Å²) in [7, 11) is 0. The maximum Gasteiger partial charge on any atom is 0.446 e. The smallest absolute Gasteiger partial charge is 0.160 e. The number of hydrogen-bond donors (Lipinski definition) is 0. The highest BCUT2D eigenvalue weighted by atomic mass is 32.2. The molecule has 1 aliphatic rings. The molecule has 0 aromatic rings. The first-order valence-corrected chi connectivity index (χ1v) is 4.34. The van der Waals surface area contributed by atoms with Crippen LogP contribution in [0.4, 0.5) is 13.2 Å². The van der Waals surface area contributed by atoms with E-state index in [1.165, 1.54) is 0 Å². The first-order chi connectivity index (χ1) is 5.08. The van der Waals surface area contributed by atoms with Crippen LogP contribution in [0.1, 0.15) is 25.7 Å². The maximum absolute atomic E-state index is 11.8. The Labute approximate surface area is 67.9 Å². The average molecular weight is 182 g/mol. The van der Waals surface area contributed by atoms with Gasteiger partial charge in [0.05, 0.1) is 0 Å². The monoisotopic (exact) mass is 182 g/mol. The third-order valence-corrected chi connectivity index (χ3v) is 2.36. The molecule has 0 saturated heterocycles. The van der Waals surface area contributed by atoms with Crippen LogP contribution in [0.3, 0.4) is 0 Å². The van der Waals surface area contributed by atoms with Crippen molar-refractivity contribution in [1.29, 1.82) is 0 Å². The van der Waals surface area contributed by atoms with Gasteiger partial charge < -0.3 is 0 Å². The first-order valence-electron chi connectivity index (χ1n) is 3.53. The Hall–Kier alpha value is -0.120. The molecule has 0 aromatic heterocycles. The zero-order chi connectivity index (χ0) is 8.32. The molecule has 64 valence electrons. The normalized spacial score (nSPS) is 19.7. The molecule has 0 N–H and O–H groups in total. The molecule has 0 heterocycles. The van der Waals surface area contributed by atoms with Crippen molar-refractivity contribution in [3.05, 3.63) is 11.0 Å². The molecule has 0 radical (unpaired) electrons. The Morgan fingerprint density at radius 2 is 2.00 bits per heavy atom. The molecule has 11 heavy (non-hydrogen) atoms. The number of thioether (sulfide) groups is 1. The molecule has 1 aliphatic carbocycles. The van der Waals surface area contributed by atoms with Crippen LogP contribution < -0.4 is 0 Å². The highest BCUT2D eigenvalue weighted by Gasteiger charge is 2.30. The quantitative estimate of drug-likeness (QED) is 0.595. The van der Waals surface area contributed by atoms with Crippen molar-refractivity contribution in [2.24, 2.45) is 0 Å². The molecule has 0 spiro atoms. The fourth-order valence-corrected chi connectivity index (χ4v) is 1.79. The van der Waals surface area contributed by atoms with E-state index in [4.69, 9.17) is 0 Å². The second kappa shape index (κ2) is 3.52. The van der Waals surface area contributed by atoms with E-state index in [2.05, 4.69) is 0 Å². The summed E-state index contributed by atoms with van der Waals surface area (Å²) in [5.74, 6) is 0. The van der Waals surface area contributed by atoms with E-state index < -0.39 is 5.51 Å². The predicted octanol–water partition coefficient (Wildman–Crippen LogP) is 3.70. The lowest BCUT2D eigenvalue weighted by molar-refractivity contribution is -0.0322. The summed E-state index contributed by atoms with van der Waals surface area (Å²) in [5, 5.41) is 0. The third kappa shape index (κ3) is 3.70. The summed E-state index contributed by atoms with van der Waals surface area (Å²) < 4.78 is 35.3. The van der Waals surface area contributed by atoms with E-state index in [0.29, 0.717) is 11.3 Å². The first kappa shape index (κ1) is 8.97. The van der Waals surface area contributed by atoms with Crippen molar-refractivity contribution < 1.29 is 13.2 Å². The number of alkyl halides is 3.